The number of amides is 3. The van der Waals surface area contributed by atoms with Crippen LogP contribution in [-0.2, 0) is 9.59 Å². The number of aromatic hydroxyl groups is 1. The van der Waals surface area contributed by atoms with Gasteiger partial charge >= 0.3 is 0 Å². The van der Waals surface area contributed by atoms with Crippen molar-refractivity contribution in [3.05, 3.63) is 33.7 Å². The second-order valence-electron chi connectivity index (χ2n) is 6.54. The smallest absolute Gasteiger partial charge is 0.294 e. The van der Waals surface area contributed by atoms with Crippen LogP contribution in [0, 0.1) is 5.92 Å². The summed E-state index contributed by atoms with van der Waals surface area (Å²) in [6, 6.07) is 4.51. The molecule has 0 saturated carbocycles. The number of piperidine rings is 1. The number of nitrogens with zero attached hydrogens (tertiary/aromatic N) is 2. The van der Waals surface area contributed by atoms with Crippen LogP contribution in [0.2, 0.25) is 5.02 Å². The number of thioether (sulfide) groups is 1. The molecule has 0 aromatic heterocycles. The maximum Gasteiger partial charge on any atom is 0.294 e. The van der Waals surface area contributed by atoms with Gasteiger partial charge in [0.2, 0.25) is 5.91 Å². The predicted molar refractivity (Wildman–Crippen MR) is 101 cm³/mol. The minimum Gasteiger partial charge on any atom is -0.506 e. The highest BCUT2D eigenvalue weighted by Crippen LogP contribution is 2.33. The lowest BCUT2D eigenvalue weighted by molar-refractivity contribution is -0.136. The van der Waals surface area contributed by atoms with Crippen LogP contribution in [0.3, 0.4) is 0 Å². The Bertz CT molecular complexity index is 787. The number of benzene rings is 1. The predicted octanol–water partition coefficient (Wildman–Crippen LogP) is 3.34. The first kappa shape index (κ1) is 18.8. The fourth-order valence-electron chi connectivity index (χ4n) is 2.89. The molecule has 0 atom stereocenters. The molecule has 26 heavy (non-hydrogen) atoms. The summed E-state index contributed by atoms with van der Waals surface area (Å²) in [6.45, 7) is 3.25. The lowest BCUT2D eigenvalue weighted by Crippen LogP contribution is -2.45. The summed E-state index contributed by atoms with van der Waals surface area (Å²) in [7, 11) is 0. The number of phenols is 1. The molecule has 0 bridgehead atoms. The average molecular weight is 395 g/mol. The monoisotopic (exact) mass is 394 g/mol. The first-order chi connectivity index (χ1) is 12.3. The fourth-order valence-corrected chi connectivity index (χ4v) is 3.92. The maximum atomic E-state index is 12.5. The molecule has 0 aliphatic carbocycles. The molecule has 2 aliphatic heterocycles. The molecular formula is C18H19ClN2O4S. The lowest BCUT2D eigenvalue weighted by Gasteiger charge is -2.31. The summed E-state index contributed by atoms with van der Waals surface area (Å²) >= 11 is 6.66. The Morgan fingerprint density at radius 1 is 1.35 bits per heavy atom. The third-order valence-corrected chi connectivity index (χ3v) is 5.78. The summed E-state index contributed by atoms with van der Waals surface area (Å²) in [5.74, 6) is -0.147. The Kier molecular flexibility index (Phi) is 5.58. The Hall–Kier alpha value is -1.99. The summed E-state index contributed by atoms with van der Waals surface area (Å²) < 4.78 is 0. The minimum atomic E-state index is -0.483. The molecule has 2 fully saturated rings. The highest BCUT2D eigenvalue weighted by molar-refractivity contribution is 8.18. The van der Waals surface area contributed by atoms with Crippen LogP contribution in [0.5, 0.6) is 5.75 Å². The maximum absolute atomic E-state index is 12.5. The Labute approximate surface area is 160 Å². The van der Waals surface area contributed by atoms with E-state index in [4.69, 9.17) is 11.6 Å². The van der Waals surface area contributed by atoms with Crippen molar-refractivity contribution in [1.29, 1.82) is 0 Å². The highest BCUT2D eigenvalue weighted by Gasteiger charge is 2.37. The van der Waals surface area contributed by atoms with Crippen molar-refractivity contribution in [2.75, 3.05) is 19.6 Å². The van der Waals surface area contributed by atoms with E-state index in [9.17, 15) is 19.5 Å². The van der Waals surface area contributed by atoms with E-state index in [1.54, 1.807) is 11.0 Å². The van der Waals surface area contributed by atoms with Gasteiger partial charge in [0.05, 0.1) is 9.93 Å². The third kappa shape index (κ3) is 4.04. The number of imide groups is 1. The van der Waals surface area contributed by atoms with Crippen molar-refractivity contribution in [3.63, 3.8) is 0 Å². The van der Waals surface area contributed by atoms with Crippen LogP contribution in [0.25, 0.3) is 6.08 Å². The number of phenolic OH excluding ortho intramolecular Hbond substituents is 1. The minimum absolute atomic E-state index is 0.0571. The van der Waals surface area contributed by atoms with E-state index in [1.165, 1.54) is 18.2 Å². The summed E-state index contributed by atoms with van der Waals surface area (Å²) in [5.41, 5.74) is 0.592. The van der Waals surface area contributed by atoms with E-state index in [0.29, 0.717) is 24.6 Å². The molecule has 0 radical (unpaired) electrons. The van der Waals surface area contributed by atoms with Gasteiger partial charge in [0, 0.05) is 13.1 Å². The van der Waals surface area contributed by atoms with Crippen molar-refractivity contribution in [3.8, 4) is 5.75 Å². The Morgan fingerprint density at radius 2 is 2.04 bits per heavy atom. The first-order valence-electron chi connectivity index (χ1n) is 8.37. The van der Waals surface area contributed by atoms with Gasteiger partial charge in [-0.15, -0.1) is 0 Å². The molecule has 0 spiro atoms. The normalized spacial score (nSPS) is 20.3. The van der Waals surface area contributed by atoms with Crippen molar-refractivity contribution in [2.24, 2.45) is 5.92 Å². The molecule has 2 heterocycles. The molecule has 0 unspecified atom stereocenters. The number of halogens is 1. The number of hydrogen-bond acceptors (Lipinski definition) is 5. The molecule has 3 amide bonds. The molecule has 1 aromatic rings. The second-order valence-corrected chi connectivity index (χ2v) is 7.94. The number of carbonyl (C=O) groups excluding carboxylic acids is 3. The average Bonchev–Trinajstić information content (AvgIpc) is 2.86. The van der Waals surface area contributed by atoms with Crippen LogP contribution in [0.4, 0.5) is 4.79 Å². The molecular weight excluding hydrogens is 376 g/mol. The van der Waals surface area contributed by atoms with Crippen LogP contribution in [0.15, 0.2) is 23.1 Å². The lowest BCUT2D eigenvalue weighted by atomic mass is 9.99. The summed E-state index contributed by atoms with van der Waals surface area (Å²) in [4.78, 5) is 40.0. The van der Waals surface area contributed by atoms with Crippen molar-refractivity contribution in [2.45, 2.75) is 19.8 Å². The van der Waals surface area contributed by atoms with Crippen LogP contribution < -0.4 is 0 Å². The number of rotatable bonds is 3. The zero-order valence-corrected chi connectivity index (χ0v) is 15.8. The van der Waals surface area contributed by atoms with Gasteiger partial charge in [-0.2, -0.15) is 0 Å². The molecule has 138 valence electrons. The molecule has 2 saturated heterocycles. The van der Waals surface area contributed by atoms with E-state index in [0.717, 1.165) is 29.5 Å². The number of carbonyl (C=O) groups is 3. The standard InChI is InChI=1S/C18H19ClN2O4S/c1-11-4-6-20(7-5-11)16(23)10-21-17(24)15(26-18(21)25)9-12-2-3-14(22)13(19)8-12/h2-3,8-9,11,22H,4-7,10H2,1H3/b15-9+. The van der Waals surface area contributed by atoms with Crippen LogP contribution in [-0.4, -0.2) is 51.6 Å². The SMILES string of the molecule is CC1CCN(C(=O)CN2C(=O)S/C(=C/c3ccc(O)c(Cl)c3)C2=O)CC1. The third-order valence-electron chi connectivity index (χ3n) is 4.57. The van der Waals surface area contributed by atoms with Gasteiger partial charge in [-0.25, -0.2) is 0 Å². The van der Waals surface area contributed by atoms with Gasteiger partial charge in [-0.1, -0.05) is 24.6 Å². The van der Waals surface area contributed by atoms with Crippen molar-refractivity contribution in [1.82, 2.24) is 9.80 Å². The van der Waals surface area contributed by atoms with Gasteiger partial charge in [0.15, 0.2) is 0 Å². The van der Waals surface area contributed by atoms with Crippen LogP contribution in [0.1, 0.15) is 25.3 Å². The Balaban J connectivity index is 1.69. The largest absolute Gasteiger partial charge is 0.506 e. The van der Waals surface area contributed by atoms with Crippen LogP contribution >= 0.6 is 23.4 Å². The Morgan fingerprint density at radius 3 is 2.69 bits per heavy atom. The van der Waals surface area contributed by atoms with E-state index >= 15 is 0 Å². The molecule has 1 aromatic carbocycles. The zero-order valence-electron chi connectivity index (χ0n) is 14.3. The van der Waals surface area contributed by atoms with Gasteiger partial charge in [0.1, 0.15) is 12.3 Å². The van der Waals surface area contributed by atoms with E-state index in [-0.39, 0.29) is 28.1 Å². The molecule has 3 rings (SSSR count). The second kappa shape index (κ2) is 7.72. The van der Waals surface area contributed by atoms with E-state index in [1.807, 2.05) is 0 Å². The number of likely N-dealkylation sites (tertiary alicyclic amines) is 1. The number of hydrogen-bond donors (Lipinski definition) is 1. The quantitative estimate of drug-likeness (QED) is 0.795. The topological polar surface area (TPSA) is 77.9 Å². The van der Waals surface area contributed by atoms with Gasteiger partial charge in [-0.3, -0.25) is 19.3 Å². The van der Waals surface area contributed by atoms with Crippen molar-refractivity contribution < 1.29 is 19.5 Å². The first-order valence-corrected chi connectivity index (χ1v) is 9.56. The zero-order chi connectivity index (χ0) is 18.8. The fraction of sp³-hybridized carbons (Fsp3) is 0.389. The van der Waals surface area contributed by atoms with Crippen molar-refractivity contribution >= 4 is 46.5 Å². The van der Waals surface area contributed by atoms with E-state index < -0.39 is 11.1 Å². The van der Waals surface area contributed by atoms with Gasteiger partial charge in [-0.05, 0) is 54.3 Å². The van der Waals surface area contributed by atoms with Gasteiger partial charge < -0.3 is 10.0 Å². The van der Waals surface area contributed by atoms with E-state index in [2.05, 4.69) is 6.92 Å². The molecule has 2 aliphatic rings. The highest BCUT2D eigenvalue weighted by atomic mass is 35.5. The van der Waals surface area contributed by atoms with Gasteiger partial charge in [0.25, 0.3) is 11.1 Å². The summed E-state index contributed by atoms with van der Waals surface area (Å²) in [5, 5.41) is 9.16. The summed E-state index contributed by atoms with van der Waals surface area (Å²) in [6.07, 6.45) is 3.41. The molecule has 8 heteroatoms. The molecule has 1 N–H and O–H groups in total. The molecule has 6 nitrogen and oxygen atoms in total.